The van der Waals surface area contributed by atoms with Gasteiger partial charge in [-0.25, -0.2) is 13.1 Å². The lowest BCUT2D eigenvalue weighted by molar-refractivity contribution is -0.137. The molecule has 0 aliphatic carbocycles. The second-order valence-electron chi connectivity index (χ2n) is 3.80. The van der Waals surface area contributed by atoms with Crippen molar-refractivity contribution < 1.29 is 18.3 Å². The van der Waals surface area contributed by atoms with E-state index < -0.39 is 16.0 Å². The highest BCUT2D eigenvalue weighted by atomic mass is 35.5. The van der Waals surface area contributed by atoms with E-state index in [1.54, 1.807) is 13.0 Å². The molecule has 0 heterocycles. The van der Waals surface area contributed by atoms with Gasteiger partial charge in [0.15, 0.2) is 0 Å². The van der Waals surface area contributed by atoms with E-state index in [1.165, 1.54) is 12.1 Å². The van der Waals surface area contributed by atoms with Crippen LogP contribution in [0.2, 0.25) is 5.02 Å². The number of aryl methyl sites for hydroxylation is 1. The van der Waals surface area contributed by atoms with E-state index in [0.29, 0.717) is 10.6 Å². The van der Waals surface area contributed by atoms with Crippen molar-refractivity contribution in [1.82, 2.24) is 4.72 Å². The zero-order valence-electron chi connectivity index (χ0n) is 9.81. The van der Waals surface area contributed by atoms with Crippen LogP contribution in [0.4, 0.5) is 0 Å². The van der Waals surface area contributed by atoms with Crippen LogP contribution < -0.4 is 4.72 Å². The fraction of sp³-hybridized carbons (Fsp3) is 0.364. The molecule has 0 amide bonds. The van der Waals surface area contributed by atoms with Gasteiger partial charge in [0.1, 0.15) is 0 Å². The lowest BCUT2D eigenvalue weighted by Crippen LogP contribution is -2.25. The number of carbonyl (C=O) groups is 1. The SMILES string of the molecule is Cc1cc(Cl)ccc1S(=O)(=O)NCCCC(=O)O. The molecule has 0 aliphatic heterocycles. The monoisotopic (exact) mass is 291 g/mol. The number of carboxylic acids is 1. The Bertz CT molecular complexity index is 542. The van der Waals surface area contributed by atoms with E-state index in [0.717, 1.165) is 0 Å². The van der Waals surface area contributed by atoms with Crippen LogP contribution in [0.3, 0.4) is 0 Å². The minimum absolute atomic E-state index is 0.0673. The molecule has 1 aromatic carbocycles. The third kappa shape index (κ3) is 4.29. The third-order valence-electron chi connectivity index (χ3n) is 2.29. The van der Waals surface area contributed by atoms with Crippen LogP contribution in [-0.4, -0.2) is 26.0 Å². The summed E-state index contributed by atoms with van der Waals surface area (Å²) in [5, 5.41) is 8.91. The van der Waals surface area contributed by atoms with Crippen molar-refractivity contribution in [3.63, 3.8) is 0 Å². The van der Waals surface area contributed by atoms with Gasteiger partial charge < -0.3 is 5.11 Å². The Labute approximate surface area is 111 Å². The first-order valence-electron chi connectivity index (χ1n) is 5.30. The molecule has 0 unspecified atom stereocenters. The Balaban J connectivity index is 2.71. The summed E-state index contributed by atoms with van der Waals surface area (Å²) in [5.41, 5.74) is 0.549. The van der Waals surface area contributed by atoms with Crippen molar-refractivity contribution in [2.24, 2.45) is 0 Å². The maximum atomic E-state index is 11.9. The van der Waals surface area contributed by atoms with E-state index in [1.807, 2.05) is 0 Å². The van der Waals surface area contributed by atoms with E-state index in [2.05, 4.69) is 4.72 Å². The second-order valence-corrected chi connectivity index (χ2v) is 5.98. The van der Waals surface area contributed by atoms with E-state index >= 15 is 0 Å². The molecule has 0 fully saturated rings. The largest absolute Gasteiger partial charge is 0.481 e. The summed E-state index contributed by atoms with van der Waals surface area (Å²) >= 11 is 5.75. The Hall–Kier alpha value is -1.11. The molecule has 0 aromatic heterocycles. The lowest BCUT2D eigenvalue weighted by Gasteiger charge is -2.09. The van der Waals surface area contributed by atoms with Crippen LogP contribution >= 0.6 is 11.6 Å². The van der Waals surface area contributed by atoms with Crippen molar-refractivity contribution in [2.75, 3.05) is 6.54 Å². The molecule has 0 bridgehead atoms. The predicted octanol–water partition coefficient (Wildman–Crippen LogP) is 1.79. The first-order valence-corrected chi connectivity index (χ1v) is 7.16. The minimum Gasteiger partial charge on any atom is -0.481 e. The van der Waals surface area contributed by atoms with Crippen LogP contribution in [-0.2, 0) is 14.8 Å². The molecule has 0 aliphatic rings. The van der Waals surface area contributed by atoms with Gasteiger partial charge in [-0.05, 0) is 37.1 Å². The number of hydrogen-bond acceptors (Lipinski definition) is 3. The van der Waals surface area contributed by atoms with E-state index in [9.17, 15) is 13.2 Å². The maximum absolute atomic E-state index is 11.9. The number of hydrogen-bond donors (Lipinski definition) is 2. The van der Waals surface area contributed by atoms with Crippen LogP contribution in [0.15, 0.2) is 23.1 Å². The van der Waals surface area contributed by atoms with Crippen molar-refractivity contribution in [2.45, 2.75) is 24.7 Å². The van der Waals surface area contributed by atoms with Crippen molar-refractivity contribution in [1.29, 1.82) is 0 Å². The van der Waals surface area contributed by atoms with Crippen LogP contribution in [0.1, 0.15) is 18.4 Å². The Morgan fingerprint density at radius 1 is 1.44 bits per heavy atom. The molecule has 2 N–H and O–H groups in total. The van der Waals surface area contributed by atoms with Crippen LogP contribution in [0.5, 0.6) is 0 Å². The van der Waals surface area contributed by atoms with Gasteiger partial charge in [0.2, 0.25) is 10.0 Å². The van der Waals surface area contributed by atoms with Crippen LogP contribution in [0, 0.1) is 6.92 Å². The second kappa shape index (κ2) is 6.17. The highest BCUT2D eigenvalue weighted by Crippen LogP contribution is 2.19. The molecule has 0 saturated carbocycles. The summed E-state index contributed by atoms with van der Waals surface area (Å²) in [6.45, 7) is 1.74. The third-order valence-corrected chi connectivity index (χ3v) is 4.14. The molecule has 0 spiro atoms. The molecule has 100 valence electrons. The number of benzene rings is 1. The topological polar surface area (TPSA) is 83.5 Å². The first kappa shape index (κ1) is 14.9. The summed E-state index contributed by atoms with van der Waals surface area (Å²) in [4.78, 5) is 10.4. The minimum atomic E-state index is -3.61. The fourth-order valence-corrected chi connectivity index (χ4v) is 2.96. The van der Waals surface area contributed by atoms with Gasteiger partial charge in [-0.1, -0.05) is 11.6 Å². The summed E-state index contributed by atoms with van der Waals surface area (Å²) in [6, 6.07) is 4.49. The lowest BCUT2D eigenvalue weighted by atomic mass is 10.2. The Kier molecular flexibility index (Phi) is 5.13. The number of sulfonamides is 1. The normalized spacial score (nSPS) is 11.4. The molecule has 5 nitrogen and oxygen atoms in total. The zero-order valence-corrected chi connectivity index (χ0v) is 11.4. The zero-order chi connectivity index (χ0) is 13.8. The van der Waals surface area contributed by atoms with Gasteiger partial charge in [-0.15, -0.1) is 0 Å². The molecular formula is C11H14ClNO4S. The Morgan fingerprint density at radius 2 is 2.11 bits per heavy atom. The maximum Gasteiger partial charge on any atom is 0.303 e. The number of carboxylic acid groups (broad SMARTS) is 1. The quantitative estimate of drug-likeness (QED) is 0.783. The predicted molar refractivity (Wildman–Crippen MR) is 68.2 cm³/mol. The van der Waals surface area contributed by atoms with Gasteiger partial charge in [0.25, 0.3) is 0 Å². The molecule has 7 heteroatoms. The highest BCUT2D eigenvalue weighted by Gasteiger charge is 2.16. The van der Waals surface area contributed by atoms with Gasteiger partial charge in [0, 0.05) is 18.0 Å². The van der Waals surface area contributed by atoms with Crippen molar-refractivity contribution >= 4 is 27.6 Å². The highest BCUT2D eigenvalue weighted by molar-refractivity contribution is 7.89. The van der Waals surface area contributed by atoms with Gasteiger partial charge in [-0.3, -0.25) is 4.79 Å². The number of aliphatic carboxylic acids is 1. The average Bonchev–Trinajstić information content (AvgIpc) is 2.23. The first-order chi connectivity index (χ1) is 8.33. The molecule has 1 aromatic rings. The van der Waals surface area contributed by atoms with Crippen molar-refractivity contribution in [3.8, 4) is 0 Å². The van der Waals surface area contributed by atoms with Gasteiger partial charge in [-0.2, -0.15) is 0 Å². The molecular weight excluding hydrogens is 278 g/mol. The average molecular weight is 292 g/mol. The van der Waals surface area contributed by atoms with Gasteiger partial charge in [0.05, 0.1) is 4.90 Å². The van der Waals surface area contributed by atoms with E-state index in [4.69, 9.17) is 16.7 Å². The summed E-state index contributed by atoms with van der Waals surface area (Å²) in [5.74, 6) is -0.947. The summed E-state index contributed by atoms with van der Waals surface area (Å²) in [6.07, 6.45) is 0.184. The molecule has 0 saturated heterocycles. The summed E-state index contributed by atoms with van der Waals surface area (Å²) < 4.78 is 26.2. The van der Waals surface area contributed by atoms with Crippen molar-refractivity contribution in [3.05, 3.63) is 28.8 Å². The number of rotatable bonds is 6. The molecule has 1 rings (SSSR count). The number of halogens is 1. The molecule has 0 radical (unpaired) electrons. The standard InChI is InChI=1S/C11H14ClNO4S/c1-8-7-9(12)4-5-10(8)18(16,17)13-6-2-3-11(14)15/h4-5,7,13H,2-3,6H2,1H3,(H,14,15). The Morgan fingerprint density at radius 3 is 2.67 bits per heavy atom. The van der Waals surface area contributed by atoms with Gasteiger partial charge >= 0.3 is 5.97 Å². The molecule has 0 atom stereocenters. The van der Waals surface area contributed by atoms with E-state index in [-0.39, 0.29) is 24.3 Å². The summed E-state index contributed by atoms with van der Waals surface area (Å²) in [7, 11) is -3.61. The fourth-order valence-electron chi connectivity index (χ4n) is 1.44. The molecule has 18 heavy (non-hydrogen) atoms. The number of nitrogens with one attached hydrogen (secondary N) is 1. The smallest absolute Gasteiger partial charge is 0.303 e. The van der Waals surface area contributed by atoms with Crippen LogP contribution in [0.25, 0.3) is 0 Å².